The molecule has 1 fully saturated rings. The zero-order chi connectivity index (χ0) is 14.0. The molecule has 4 nitrogen and oxygen atoms in total. The van der Waals surface area contributed by atoms with Crippen LogP contribution in [0.4, 0.5) is 0 Å². The number of aliphatic hydroxyl groups is 1. The second-order valence-electron chi connectivity index (χ2n) is 5.48. The minimum Gasteiger partial charge on any atom is -0.391 e. The third-order valence-corrected chi connectivity index (χ3v) is 3.86. The van der Waals surface area contributed by atoms with Crippen molar-refractivity contribution in [3.05, 3.63) is 23.0 Å². The van der Waals surface area contributed by atoms with Gasteiger partial charge in [0.2, 0.25) is 0 Å². The van der Waals surface area contributed by atoms with Crippen LogP contribution in [-0.4, -0.2) is 27.7 Å². The highest BCUT2D eigenvalue weighted by Gasteiger charge is 2.26. The molecule has 5 heteroatoms. The molecule has 19 heavy (non-hydrogen) atoms. The second-order valence-corrected chi connectivity index (χ2v) is 5.91. The van der Waals surface area contributed by atoms with Gasteiger partial charge in [-0.25, -0.2) is 0 Å². The van der Waals surface area contributed by atoms with Gasteiger partial charge in [-0.1, -0.05) is 24.4 Å². The molecule has 2 N–H and O–H groups in total. The van der Waals surface area contributed by atoms with E-state index in [1.54, 1.807) is 12.3 Å². The summed E-state index contributed by atoms with van der Waals surface area (Å²) in [4.78, 5) is 12.3. The molecule has 0 unspecified atom stereocenters. The summed E-state index contributed by atoms with van der Waals surface area (Å²) in [6, 6.07) is 1.70. The highest BCUT2D eigenvalue weighted by molar-refractivity contribution is 6.31. The van der Waals surface area contributed by atoms with E-state index in [2.05, 4.69) is 5.32 Å². The highest BCUT2D eigenvalue weighted by atomic mass is 35.5. The van der Waals surface area contributed by atoms with Gasteiger partial charge < -0.3 is 15.0 Å². The predicted octanol–water partition coefficient (Wildman–Crippen LogP) is 2.76. The number of aromatic nitrogens is 1. The quantitative estimate of drug-likeness (QED) is 0.897. The van der Waals surface area contributed by atoms with Crippen LogP contribution in [0, 0.1) is 0 Å². The number of nitrogens with one attached hydrogen (secondary N) is 1. The molecule has 1 aromatic rings. The lowest BCUT2D eigenvalue weighted by Crippen LogP contribution is -2.45. The number of nitrogens with zero attached hydrogens (tertiary/aromatic N) is 1. The van der Waals surface area contributed by atoms with Crippen molar-refractivity contribution < 1.29 is 9.90 Å². The van der Waals surface area contributed by atoms with Crippen molar-refractivity contribution >= 4 is 17.5 Å². The van der Waals surface area contributed by atoms with E-state index in [-0.39, 0.29) is 18.0 Å². The van der Waals surface area contributed by atoms with Gasteiger partial charge >= 0.3 is 0 Å². The SMILES string of the molecule is CC(C)n1cc(Cl)cc1C(=O)N[C@@H]1CCCC[C@H]1O. The Morgan fingerprint density at radius 1 is 1.47 bits per heavy atom. The maximum Gasteiger partial charge on any atom is 0.268 e. The van der Waals surface area contributed by atoms with E-state index in [0.717, 1.165) is 25.7 Å². The molecule has 1 aromatic heterocycles. The molecule has 1 saturated carbocycles. The molecule has 1 aliphatic carbocycles. The van der Waals surface area contributed by atoms with Gasteiger partial charge in [0, 0.05) is 12.2 Å². The van der Waals surface area contributed by atoms with Crippen LogP contribution in [0.3, 0.4) is 0 Å². The van der Waals surface area contributed by atoms with Gasteiger partial charge in [0.25, 0.3) is 5.91 Å². The molecule has 0 aromatic carbocycles. The monoisotopic (exact) mass is 284 g/mol. The summed E-state index contributed by atoms with van der Waals surface area (Å²) in [7, 11) is 0. The number of halogens is 1. The van der Waals surface area contributed by atoms with Gasteiger partial charge in [-0.05, 0) is 32.8 Å². The lowest BCUT2D eigenvalue weighted by molar-refractivity contribution is 0.0710. The summed E-state index contributed by atoms with van der Waals surface area (Å²) < 4.78 is 1.85. The van der Waals surface area contributed by atoms with Crippen molar-refractivity contribution in [1.82, 2.24) is 9.88 Å². The largest absolute Gasteiger partial charge is 0.391 e. The first-order valence-corrected chi connectivity index (χ1v) is 7.23. The van der Waals surface area contributed by atoms with E-state index < -0.39 is 6.10 Å². The Hall–Kier alpha value is -1.00. The van der Waals surface area contributed by atoms with Gasteiger partial charge in [-0.3, -0.25) is 4.79 Å². The Morgan fingerprint density at radius 3 is 2.79 bits per heavy atom. The zero-order valence-electron chi connectivity index (χ0n) is 11.4. The summed E-state index contributed by atoms with van der Waals surface area (Å²) in [5.41, 5.74) is 0.553. The zero-order valence-corrected chi connectivity index (χ0v) is 12.2. The number of carbonyl (C=O) groups is 1. The van der Waals surface area contributed by atoms with Crippen LogP contribution in [0.1, 0.15) is 56.1 Å². The number of hydrogen-bond donors (Lipinski definition) is 2. The van der Waals surface area contributed by atoms with Crippen LogP contribution >= 0.6 is 11.6 Å². The highest BCUT2D eigenvalue weighted by Crippen LogP contribution is 2.21. The molecular formula is C14H21ClN2O2. The van der Waals surface area contributed by atoms with Crippen molar-refractivity contribution in [1.29, 1.82) is 0 Å². The minimum absolute atomic E-state index is 0.143. The topological polar surface area (TPSA) is 54.3 Å². The summed E-state index contributed by atoms with van der Waals surface area (Å²) in [5, 5.41) is 13.4. The van der Waals surface area contributed by atoms with Crippen molar-refractivity contribution in [2.45, 2.75) is 57.7 Å². The fourth-order valence-electron chi connectivity index (χ4n) is 2.58. The normalized spacial score (nSPS) is 23.6. The first kappa shape index (κ1) is 14.4. The number of rotatable bonds is 3. The van der Waals surface area contributed by atoms with Crippen LogP contribution in [0.5, 0.6) is 0 Å². The Bertz CT molecular complexity index is 456. The van der Waals surface area contributed by atoms with Gasteiger partial charge in [0.15, 0.2) is 0 Å². The molecule has 2 rings (SSSR count). The summed E-state index contributed by atoms with van der Waals surface area (Å²) in [6.45, 7) is 4.01. The van der Waals surface area contributed by atoms with Crippen LogP contribution in [-0.2, 0) is 0 Å². The van der Waals surface area contributed by atoms with Crippen molar-refractivity contribution in [3.63, 3.8) is 0 Å². The Morgan fingerprint density at radius 2 is 2.16 bits per heavy atom. The maximum absolute atomic E-state index is 12.3. The average Bonchev–Trinajstić information content (AvgIpc) is 2.74. The average molecular weight is 285 g/mol. The maximum atomic E-state index is 12.3. The molecule has 1 heterocycles. The molecular weight excluding hydrogens is 264 g/mol. The summed E-state index contributed by atoms with van der Waals surface area (Å²) in [6.07, 6.45) is 5.00. The molecule has 0 radical (unpaired) electrons. The predicted molar refractivity (Wildman–Crippen MR) is 75.6 cm³/mol. The van der Waals surface area contributed by atoms with E-state index >= 15 is 0 Å². The number of carbonyl (C=O) groups excluding carboxylic acids is 1. The molecule has 0 bridgehead atoms. The fraction of sp³-hybridized carbons (Fsp3) is 0.643. The van der Waals surface area contributed by atoms with Crippen LogP contribution in [0.25, 0.3) is 0 Å². The molecule has 0 spiro atoms. The van der Waals surface area contributed by atoms with Gasteiger partial charge in [-0.2, -0.15) is 0 Å². The Kier molecular flexibility index (Phi) is 4.53. The number of hydrogen-bond acceptors (Lipinski definition) is 2. The fourth-order valence-corrected chi connectivity index (χ4v) is 2.79. The Balaban J connectivity index is 2.11. The smallest absolute Gasteiger partial charge is 0.268 e. The molecule has 1 aliphatic rings. The van der Waals surface area contributed by atoms with Crippen LogP contribution in [0.15, 0.2) is 12.3 Å². The van der Waals surface area contributed by atoms with Crippen LogP contribution in [0.2, 0.25) is 5.02 Å². The summed E-state index contributed by atoms with van der Waals surface area (Å²) in [5.74, 6) is -0.161. The molecule has 2 atom stereocenters. The number of aliphatic hydroxyl groups excluding tert-OH is 1. The van der Waals surface area contributed by atoms with Crippen molar-refractivity contribution in [3.8, 4) is 0 Å². The van der Waals surface area contributed by atoms with Crippen LogP contribution < -0.4 is 5.32 Å². The lowest BCUT2D eigenvalue weighted by atomic mass is 9.92. The minimum atomic E-state index is -0.435. The lowest BCUT2D eigenvalue weighted by Gasteiger charge is -2.28. The standard InChI is InChI=1S/C14H21ClN2O2/c1-9(2)17-8-10(15)7-12(17)14(19)16-11-5-3-4-6-13(11)18/h7-9,11,13,18H,3-6H2,1-2H3,(H,16,19)/t11-,13-/m1/s1. The molecule has 0 aliphatic heterocycles. The van der Waals surface area contributed by atoms with E-state index in [0.29, 0.717) is 10.7 Å². The third kappa shape index (κ3) is 3.31. The first-order valence-electron chi connectivity index (χ1n) is 6.85. The van der Waals surface area contributed by atoms with E-state index in [4.69, 9.17) is 11.6 Å². The van der Waals surface area contributed by atoms with Gasteiger partial charge in [-0.15, -0.1) is 0 Å². The molecule has 1 amide bonds. The van der Waals surface area contributed by atoms with Gasteiger partial charge in [0.05, 0.1) is 17.2 Å². The van der Waals surface area contributed by atoms with E-state index in [1.807, 2.05) is 18.4 Å². The second kappa shape index (κ2) is 5.97. The van der Waals surface area contributed by atoms with Crippen molar-refractivity contribution in [2.24, 2.45) is 0 Å². The van der Waals surface area contributed by atoms with E-state index in [9.17, 15) is 9.90 Å². The summed E-state index contributed by atoms with van der Waals surface area (Å²) >= 11 is 5.97. The van der Waals surface area contributed by atoms with Crippen molar-refractivity contribution in [2.75, 3.05) is 0 Å². The molecule has 106 valence electrons. The van der Waals surface area contributed by atoms with Gasteiger partial charge in [0.1, 0.15) is 5.69 Å². The number of amides is 1. The molecule has 0 saturated heterocycles. The Labute approximate surface area is 118 Å². The third-order valence-electron chi connectivity index (χ3n) is 3.65. The van der Waals surface area contributed by atoms with E-state index in [1.165, 1.54) is 0 Å². The first-order chi connectivity index (χ1) is 8.99.